The number of sulfonamides is 1. The lowest BCUT2D eigenvalue weighted by atomic mass is 10.2. The van der Waals surface area contributed by atoms with Crippen LogP contribution in [0.5, 0.6) is 0 Å². The molecule has 0 saturated heterocycles. The van der Waals surface area contributed by atoms with Crippen LogP contribution in [0.2, 0.25) is 5.02 Å². The summed E-state index contributed by atoms with van der Waals surface area (Å²) in [7, 11) is -4.29. The Bertz CT molecular complexity index is 851. The van der Waals surface area contributed by atoms with Crippen molar-refractivity contribution in [3.05, 3.63) is 59.1 Å². The summed E-state index contributed by atoms with van der Waals surface area (Å²) in [5.41, 5.74) is 0.627. The minimum Gasteiger partial charge on any atom is -0.322 e. The van der Waals surface area contributed by atoms with Gasteiger partial charge in [0.15, 0.2) is 0 Å². The highest BCUT2D eigenvalue weighted by molar-refractivity contribution is 7.89. The molecule has 0 atom stereocenters. The second kappa shape index (κ2) is 7.42. The van der Waals surface area contributed by atoms with Gasteiger partial charge in [-0.25, -0.2) is 13.1 Å². The summed E-state index contributed by atoms with van der Waals surface area (Å²) in [5, 5.41) is 3.01. The SMILES string of the molecule is O=C(Nc1ccc(S(=O)(=O)NCC(F)(F)F)cc1)c1ccc(Cl)cc1. The lowest BCUT2D eigenvalue weighted by Crippen LogP contribution is -2.33. The Labute approximate surface area is 146 Å². The number of carbonyl (C=O) groups excluding carboxylic acids is 1. The van der Waals surface area contributed by atoms with Crippen LogP contribution in [0.15, 0.2) is 53.4 Å². The molecule has 2 aromatic carbocycles. The molecule has 2 rings (SSSR count). The van der Waals surface area contributed by atoms with Crippen LogP contribution in [0.25, 0.3) is 0 Å². The van der Waals surface area contributed by atoms with E-state index in [0.717, 1.165) is 12.1 Å². The van der Waals surface area contributed by atoms with Gasteiger partial charge in [0.2, 0.25) is 10.0 Å². The molecule has 0 unspecified atom stereocenters. The highest BCUT2D eigenvalue weighted by Gasteiger charge is 2.30. The summed E-state index contributed by atoms with van der Waals surface area (Å²) >= 11 is 5.73. The first-order chi connectivity index (χ1) is 11.6. The smallest absolute Gasteiger partial charge is 0.322 e. The van der Waals surface area contributed by atoms with Crippen molar-refractivity contribution in [3.8, 4) is 0 Å². The molecule has 25 heavy (non-hydrogen) atoms. The first-order valence-corrected chi connectivity index (χ1v) is 8.66. The molecule has 0 aliphatic rings. The third-order valence-electron chi connectivity index (χ3n) is 2.99. The van der Waals surface area contributed by atoms with Gasteiger partial charge >= 0.3 is 6.18 Å². The largest absolute Gasteiger partial charge is 0.402 e. The number of benzene rings is 2. The number of nitrogens with one attached hydrogen (secondary N) is 2. The molecular weight excluding hydrogens is 381 g/mol. The monoisotopic (exact) mass is 392 g/mol. The number of anilines is 1. The third-order valence-corrected chi connectivity index (χ3v) is 4.66. The number of alkyl halides is 3. The van der Waals surface area contributed by atoms with Gasteiger partial charge in [-0.3, -0.25) is 4.79 Å². The number of hydrogen-bond acceptors (Lipinski definition) is 3. The maximum Gasteiger partial charge on any atom is 0.402 e. The summed E-state index contributed by atoms with van der Waals surface area (Å²) in [4.78, 5) is 11.7. The average molecular weight is 393 g/mol. The van der Waals surface area contributed by atoms with Crippen LogP contribution >= 0.6 is 11.6 Å². The normalized spacial score (nSPS) is 12.0. The highest BCUT2D eigenvalue weighted by Crippen LogP contribution is 2.18. The van der Waals surface area contributed by atoms with Crippen molar-refractivity contribution < 1.29 is 26.4 Å². The molecule has 0 aliphatic heterocycles. The van der Waals surface area contributed by atoms with E-state index in [1.807, 2.05) is 0 Å². The Kier molecular flexibility index (Phi) is 5.71. The standard InChI is InChI=1S/C15H12ClF3N2O3S/c16-11-3-1-10(2-4-11)14(22)21-12-5-7-13(8-6-12)25(23,24)20-9-15(17,18)19/h1-8,20H,9H2,(H,21,22). The van der Waals surface area contributed by atoms with E-state index in [0.29, 0.717) is 10.6 Å². The molecule has 0 spiro atoms. The van der Waals surface area contributed by atoms with Gasteiger partial charge in [-0.15, -0.1) is 0 Å². The lowest BCUT2D eigenvalue weighted by molar-refractivity contribution is -0.121. The zero-order chi connectivity index (χ0) is 18.7. The molecule has 0 bridgehead atoms. The van der Waals surface area contributed by atoms with Crippen molar-refractivity contribution in [2.24, 2.45) is 0 Å². The van der Waals surface area contributed by atoms with Crippen molar-refractivity contribution in [2.75, 3.05) is 11.9 Å². The van der Waals surface area contributed by atoms with E-state index in [1.165, 1.54) is 29.0 Å². The maximum atomic E-state index is 12.1. The van der Waals surface area contributed by atoms with Crippen LogP contribution in [-0.2, 0) is 10.0 Å². The van der Waals surface area contributed by atoms with Crippen LogP contribution in [0, 0.1) is 0 Å². The van der Waals surface area contributed by atoms with E-state index in [2.05, 4.69) is 5.32 Å². The van der Waals surface area contributed by atoms with Crippen molar-refractivity contribution in [1.82, 2.24) is 4.72 Å². The molecule has 0 aromatic heterocycles. The molecule has 2 aromatic rings. The Balaban J connectivity index is 2.06. The summed E-state index contributed by atoms with van der Waals surface area (Å²) in [5.74, 6) is -0.442. The Morgan fingerprint density at radius 2 is 1.56 bits per heavy atom. The van der Waals surface area contributed by atoms with E-state index in [-0.39, 0.29) is 10.6 Å². The van der Waals surface area contributed by atoms with Crippen LogP contribution in [0.3, 0.4) is 0 Å². The molecule has 10 heteroatoms. The number of hydrogen-bond donors (Lipinski definition) is 2. The molecule has 5 nitrogen and oxygen atoms in total. The number of carbonyl (C=O) groups is 1. The number of amides is 1. The summed E-state index contributed by atoms with van der Waals surface area (Å²) in [6.07, 6.45) is -4.65. The summed E-state index contributed by atoms with van der Waals surface area (Å²) < 4.78 is 61.3. The van der Waals surface area contributed by atoms with E-state index < -0.39 is 28.7 Å². The minimum atomic E-state index is -4.65. The Morgan fingerprint density at radius 3 is 2.08 bits per heavy atom. The molecule has 1 amide bonds. The van der Waals surface area contributed by atoms with Crippen molar-refractivity contribution in [1.29, 1.82) is 0 Å². The van der Waals surface area contributed by atoms with Crippen molar-refractivity contribution in [3.63, 3.8) is 0 Å². The van der Waals surface area contributed by atoms with E-state index in [4.69, 9.17) is 11.6 Å². The van der Waals surface area contributed by atoms with Gasteiger partial charge in [-0.1, -0.05) is 11.6 Å². The van der Waals surface area contributed by atoms with Crippen LogP contribution in [-0.4, -0.2) is 27.0 Å². The fourth-order valence-electron chi connectivity index (χ4n) is 1.78. The summed E-state index contributed by atoms with van der Waals surface area (Å²) in [6.45, 7) is -1.66. The van der Waals surface area contributed by atoms with Gasteiger partial charge < -0.3 is 5.32 Å². The summed E-state index contributed by atoms with van der Waals surface area (Å²) in [6, 6.07) is 10.8. The van der Waals surface area contributed by atoms with E-state index in [9.17, 15) is 26.4 Å². The fourth-order valence-corrected chi connectivity index (χ4v) is 2.92. The fraction of sp³-hybridized carbons (Fsp3) is 0.133. The Hall–Kier alpha value is -2.10. The first-order valence-electron chi connectivity index (χ1n) is 6.80. The molecule has 0 heterocycles. The molecule has 2 N–H and O–H groups in total. The molecule has 134 valence electrons. The predicted octanol–water partition coefficient (Wildman–Crippen LogP) is 3.43. The van der Waals surface area contributed by atoms with Crippen LogP contribution < -0.4 is 10.0 Å². The quantitative estimate of drug-likeness (QED) is 0.818. The minimum absolute atomic E-state index is 0.287. The highest BCUT2D eigenvalue weighted by atomic mass is 35.5. The molecular formula is C15H12ClF3N2O3S. The second-order valence-corrected chi connectivity index (χ2v) is 7.13. The maximum absolute atomic E-state index is 12.1. The Morgan fingerprint density at radius 1 is 1.00 bits per heavy atom. The first kappa shape index (κ1) is 19.2. The average Bonchev–Trinajstić information content (AvgIpc) is 2.53. The van der Waals surface area contributed by atoms with Crippen molar-refractivity contribution >= 4 is 33.2 Å². The van der Waals surface area contributed by atoms with Gasteiger partial charge in [0, 0.05) is 16.3 Å². The van der Waals surface area contributed by atoms with E-state index in [1.54, 1.807) is 12.1 Å². The zero-order valence-corrected chi connectivity index (χ0v) is 14.0. The molecule has 0 aliphatic carbocycles. The lowest BCUT2D eigenvalue weighted by Gasteiger charge is -2.10. The van der Waals surface area contributed by atoms with Crippen molar-refractivity contribution in [2.45, 2.75) is 11.1 Å². The molecule has 0 radical (unpaired) electrons. The van der Waals surface area contributed by atoms with Gasteiger partial charge in [0.25, 0.3) is 5.91 Å². The number of halogens is 4. The van der Waals surface area contributed by atoms with Gasteiger partial charge in [-0.05, 0) is 48.5 Å². The number of rotatable bonds is 5. The third kappa shape index (κ3) is 5.73. The molecule has 0 saturated carbocycles. The molecule has 0 fully saturated rings. The van der Waals surface area contributed by atoms with Gasteiger partial charge in [0.05, 0.1) is 4.90 Å². The van der Waals surface area contributed by atoms with E-state index >= 15 is 0 Å². The second-order valence-electron chi connectivity index (χ2n) is 4.93. The predicted molar refractivity (Wildman–Crippen MR) is 87.1 cm³/mol. The zero-order valence-electron chi connectivity index (χ0n) is 12.5. The van der Waals surface area contributed by atoms with Crippen LogP contribution in [0.1, 0.15) is 10.4 Å². The van der Waals surface area contributed by atoms with Crippen LogP contribution in [0.4, 0.5) is 18.9 Å². The van der Waals surface area contributed by atoms with Gasteiger partial charge in [-0.2, -0.15) is 13.2 Å². The topological polar surface area (TPSA) is 75.3 Å². The van der Waals surface area contributed by atoms with Gasteiger partial charge in [0.1, 0.15) is 6.54 Å².